The third-order valence-corrected chi connectivity index (χ3v) is 9.95. The van der Waals surface area contributed by atoms with Crippen LogP contribution in [-0.4, -0.2) is 83.3 Å². The number of pyridine rings is 1. The maximum Gasteiger partial charge on any atom is 0.410 e. The van der Waals surface area contributed by atoms with Crippen LogP contribution >= 0.6 is 50.1 Å². The lowest BCUT2D eigenvalue weighted by Gasteiger charge is -2.43. The molecule has 13 heteroatoms. The maximum atomic E-state index is 12.8. The molecule has 1 amide bonds. The number of hydrogen-bond acceptors (Lipinski definition) is 8. The number of carbonyl (C=O) groups excluding carboxylic acids is 1. The van der Waals surface area contributed by atoms with Gasteiger partial charge in [0.2, 0.25) is 5.82 Å². The number of fused-ring (bicyclic) bond motifs is 2. The van der Waals surface area contributed by atoms with Gasteiger partial charge in [0.25, 0.3) is 0 Å². The number of halogens is 3. The molecule has 3 aliphatic heterocycles. The monoisotopic (exact) mass is 706 g/mol. The van der Waals surface area contributed by atoms with E-state index in [0.717, 1.165) is 9.99 Å². The van der Waals surface area contributed by atoms with Gasteiger partial charge in [-0.2, -0.15) is 0 Å². The van der Waals surface area contributed by atoms with E-state index in [1.54, 1.807) is 4.90 Å². The molecule has 200 valence electrons. The second kappa shape index (κ2) is 9.53. The summed E-state index contributed by atoms with van der Waals surface area (Å²) in [5.74, 6) is 0.507. The molecule has 2 aromatic rings. The van der Waals surface area contributed by atoms with Crippen molar-refractivity contribution < 1.29 is 14.5 Å². The standard InChI is InChI=1S/C24H29BrClIN6O4/c1-24(2,3)37-23(34)32-8-11-6-15(32)18(11)28-20-13-7-14(27)17(26)16(25)19(13)29-22(21(20)33(35)36)31-9-12(10-31)30(4)5/h7,11-12,15,18H,6,8-10H2,1-5H3,(H,28,29). The van der Waals surface area contributed by atoms with E-state index in [1.165, 1.54) is 0 Å². The zero-order valence-corrected chi connectivity index (χ0v) is 25.7. The Bertz CT molecular complexity index is 1300. The largest absolute Gasteiger partial charge is 0.444 e. The molecule has 6 rings (SSSR count). The Hall–Kier alpha value is -1.64. The zero-order valence-electron chi connectivity index (χ0n) is 21.2. The fraction of sp³-hybridized carbons (Fsp3) is 0.583. The molecular formula is C24H29BrClIN6O4. The van der Waals surface area contributed by atoms with Crippen molar-refractivity contribution >= 4 is 84.3 Å². The Labute approximate surface area is 242 Å². The SMILES string of the molecule is CN(C)C1CN(c2nc3c(Br)c(Cl)c(I)cc3c(NC3C4CC3N(C(=O)OC(C)(C)C)C4)c2[N+](=O)[O-])C1. The van der Waals surface area contributed by atoms with Crippen molar-refractivity contribution in [3.05, 3.63) is 29.2 Å². The number of nitro groups is 1. The smallest absolute Gasteiger partial charge is 0.410 e. The van der Waals surface area contributed by atoms with Crippen LogP contribution in [0, 0.1) is 19.6 Å². The third kappa shape index (κ3) is 4.71. The van der Waals surface area contributed by atoms with E-state index in [2.05, 4.69) is 48.7 Å². The normalized spacial score (nSPS) is 23.3. The molecule has 2 bridgehead atoms. The molecule has 1 aliphatic carbocycles. The van der Waals surface area contributed by atoms with Crippen molar-refractivity contribution in [3.8, 4) is 0 Å². The summed E-state index contributed by atoms with van der Waals surface area (Å²) in [6.45, 7) is 7.37. The molecule has 0 radical (unpaired) electrons. The van der Waals surface area contributed by atoms with Crippen molar-refractivity contribution in [3.63, 3.8) is 0 Å². The number of likely N-dealkylation sites (N-methyl/N-ethyl adjacent to an activating group) is 1. The van der Waals surface area contributed by atoms with E-state index in [4.69, 9.17) is 21.3 Å². The summed E-state index contributed by atoms with van der Waals surface area (Å²) in [4.78, 5) is 35.6. The maximum absolute atomic E-state index is 12.8. The fourth-order valence-electron chi connectivity index (χ4n) is 5.31. The van der Waals surface area contributed by atoms with Crippen LogP contribution in [0.2, 0.25) is 5.02 Å². The van der Waals surface area contributed by atoms with E-state index in [0.29, 0.717) is 57.6 Å². The third-order valence-electron chi connectivity index (χ3n) is 7.38. The summed E-state index contributed by atoms with van der Waals surface area (Å²) < 4.78 is 6.97. The molecule has 4 fully saturated rings. The lowest BCUT2D eigenvalue weighted by Crippen LogP contribution is -2.58. The van der Waals surface area contributed by atoms with Gasteiger partial charge in [-0.3, -0.25) is 10.1 Å². The molecule has 0 spiro atoms. The van der Waals surface area contributed by atoms with Crippen molar-refractivity contribution in [2.75, 3.05) is 43.9 Å². The zero-order chi connectivity index (χ0) is 27.0. The number of nitrogens with one attached hydrogen (secondary N) is 1. The van der Waals surface area contributed by atoms with E-state index in [1.807, 2.05) is 45.8 Å². The molecule has 4 heterocycles. The first-order chi connectivity index (χ1) is 17.3. The van der Waals surface area contributed by atoms with Gasteiger partial charge in [-0.05, 0) is 85.9 Å². The molecule has 3 atom stereocenters. The van der Waals surface area contributed by atoms with E-state index < -0.39 is 5.60 Å². The topological polar surface area (TPSA) is 104 Å². The van der Waals surface area contributed by atoms with Gasteiger partial charge in [-0.1, -0.05) is 11.6 Å². The van der Waals surface area contributed by atoms with E-state index >= 15 is 0 Å². The molecule has 1 aromatic carbocycles. The molecular weight excluding hydrogens is 679 g/mol. The minimum absolute atomic E-state index is 0.0511. The first-order valence-corrected chi connectivity index (χ1v) is 14.3. The van der Waals surface area contributed by atoms with Crippen molar-refractivity contribution in [1.29, 1.82) is 0 Å². The Morgan fingerprint density at radius 3 is 2.62 bits per heavy atom. The fourth-order valence-corrected chi connectivity index (χ4v) is 6.92. The summed E-state index contributed by atoms with van der Waals surface area (Å²) in [6.07, 6.45) is 0.489. The van der Waals surface area contributed by atoms with Crippen LogP contribution in [0.25, 0.3) is 10.9 Å². The second-order valence-corrected chi connectivity index (χ2v) is 13.5. The number of benzene rings is 1. The molecule has 1 N–H and O–H groups in total. The number of amides is 1. The molecule has 1 aromatic heterocycles. The lowest BCUT2D eigenvalue weighted by molar-refractivity contribution is -0.383. The van der Waals surface area contributed by atoms with E-state index in [9.17, 15) is 14.9 Å². The number of aromatic nitrogens is 1. The Kier molecular flexibility index (Phi) is 6.94. The quantitative estimate of drug-likeness (QED) is 0.193. The number of carbonyl (C=O) groups is 1. The minimum atomic E-state index is -0.591. The van der Waals surface area contributed by atoms with Gasteiger partial charge in [0, 0.05) is 40.6 Å². The van der Waals surface area contributed by atoms with Crippen LogP contribution in [0.15, 0.2) is 10.5 Å². The highest BCUT2D eigenvalue weighted by atomic mass is 127. The highest BCUT2D eigenvalue weighted by Gasteiger charge is 2.55. The summed E-state index contributed by atoms with van der Waals surface area (Å²) in [5, 5.41) is 17.2. The lowest BCUT2D eigenvalue weighted by atomic mass is 9.79. The number of anilines is 2. The molecule has 10 nitrogen and oxygen atoms in total. The van der Waals surface area contributed by atoms with Crippen LogP contribution in [0.4, 0.5) is 22.0 Å². The van der Waals surface area contributed by atoms with Gasteiger partial charge >= 0.3 is 11.8 Å². The first kappa shape index (κ1) is 26.9. The molecule has 3 unspecified atom stereocenters. The first-order valence-electron chi connectivity index (χ1n) is 12.1. The number of nitrogens with zero attached hydrogens (tertiary/aromatic N) is 5. The van der Waals surface area contributed by atoms with Gasteiger partial charge in [0.15, 0.2) is 0 Å². The summed E-state index contributed by atoms with van der Waals surface area (Å²) in [5.41, 5.74) is 0.341. The molecule has 1 saturated carbocycles. The number of hydrogen-bond donors (Lipinski definition) is 1. The number of ether oxygens (including phenoxy) is 1. The van der Waals surface area contributed by atoms with Crippen LogP contribution in [0.1, 0.15) is 27.2 Å². The summed E-state index contributed by atoms with van der Waals surface area (Å²) in [7, 11) is 4.00. The van der Waals surface area contributed by atoms with Gasteiger partial charge in [-0.15, -0.1) is 0 Å². The van der Waals surface area contributed by atoms with E-state index in [-0.39, 0.29) is 34.7 Å². The highest BCUT2D eigenvalue weighted by Crippen LogP contribution is 2.49. The Balaban J connectivity index is 1.56. The second-order valence-electron chi connectivity index (χ2n) is 11.2. The average Bonchev–Trinajstić information content (AvgIpc) is 3.34. The highest BCUT2D eigenvalue weighted by molar-refractivity contribution is 14.1. The molecule has 4 aliphatic rings. The van der Waals surface area contributed by atoms with Crippen LogP contribution in [-0.2, 0) is 4.74 Å². The van der Waals surface area contributed by atoms with Crippen LogP contribution in [0.3, 0.4) is 0 Å². The van der Waals surface area contributed by atoms with Gasteiger partial charge < -0.3 is 24.8 Å². The summed E-state index contributed by atoms with van der Waals surface area (Å²) in [6, 6.07) is 1.91. The predicted octanol–water partition coefficient (Wildman–Crippen LogP) is 5.33. The van der Waals surface area contributed by atoms with Crippen molar-refractivity contribution in [2.45, 2.75) is 50.9 Å². The van der Waals surface area contributed by atoms with Gasteiger partial charge in [0.1, 0.15) is 11.3 Å². The average molecular weight is 708 g/mol. The summed E-state index contributed by atoms with van der Waals surface area (Å²) >= 11 is 12.2. The minimum Gasteiger partial charge on any atom is -0.444 e. The molecule has 37 heavy (non-hydrogen) atoms. The van der Waals surface area contributed by atoms with Crippen LogP contribution < -0.4 is 10.2 Å². The predicted molar refractivity (Wildman–Crippen MR) is 156 cm³/mol. The van der Waals surface area contributed by atoms with Gasteiger partial charge in [0.05, 0.1) is 32.0 Å². The van der Waals surface area contributed by atoms with Gasteiger partial charge in [-0.25, -0.2) is 9.78 Å². The Morgan fingerprint density at radius 1 is 1.35 bits per heavy atom. The van der Waals surface area contributed by atoms with Crippen LogP contribution in [0.5, 0.6) is 0 Å². The number of rotatable bonds is 5. The Morgan fingerprint density at radius 2 is 2.03 bits per heavy atom. The van der Waals surface area contributed by atoms with Crippen molar-refractivity contribution in [2.24, 2.45) is 5.92 Å². The van der Waals surface area contributed by atoms with Crippen molar-refractivity contribution in [1.82, 2.24) is 14.8 Å². The molecule has 3 saturated heterocycles.